The molecular weight excluding hydrogens is 280 g/mol. The van der Waals surface area contributed by atoms with Crippen LogP contribution in [0.1, 0.15) is 52.3 Å². The minimum Gasteiger partial charge on any atom is -0.368 e. The van der Waals surface area contributed by atoms with Gasteiger partial charge in [0.05, 0.1) is 0 Å². The minimum atomic E-state index is -0.288. The molecule has 4 rings (SSSR count). The lowest BCUT2D eigenvalue weighted by Crippen LogP contribution is -2.34. The van der Waals surface area contributed by atoms with E-state index in [1.807, 2.05) is 7.11 Å². The third kappa shape index (κ3) is 2.10. The van der Waals surface area contributed by atoms with Gasteiger partial charge in [-0.25, -0.2) is 0 Å². The number of hydrogen-bond donors (Lipinski definition) is 0. The zero-order valence-corrected chi connectivity index (χ0v) is 14.7. The fourth-order valence-corrected chi connectivity index (χ4v) is 4.99. The van der Waals surface area contributed by atoms with Crippen LogP contribution in [0.25, 0.3) is 0 Å². The van der Waals surface area contributed by atoms with Gasteiger partial charge in [-0.2, -0.15) is 0 Å². The molecule has 0 saturated heterocycles. The maximum absolute atomic E-state index is 6.29. The van der Waals surface area contributed by atoms with Crippen LogP contribution in [-0.2, 0) is 29.6 Å². The maximum Gasteiger partial charge on any atom is 0.121 e. The van der Waals surface area contributed by atoms with Crippen LogP contribution in [0.4, 0.5) is 0 Å². The summed E-state index contributed by atoms with van der Waals surface area (Å²) in [4.78, 5) is 0. The van der Waals surface area contributed by atoms with E-state index in [1.54, 1.807) is 11.1 Å². The first-order valence-electron chi connectivity index (χ1n) is 8.83. The van der Waals surface area contributed by atoms with Crippen molar-refractivity contribution >= 4 is 0 Å². The van der Waals surface area contributed by atoms with Crippen molar-refractivity contribution in [3.8, 4) is 0 Å². The van der Waals surface area contributed by atoms with Crippen molar-refractivity contribution in [1.29, 1.82) is 0 Å². The predicted octanol–water partition coefficient (Wildman–Crippen LogP) is 4.87. The van der Waals surface area contributed by atoms with Gasteiger partial charge in [0.2, 0.25) is 0 Å². The first kappa shape index (κ1) is 15.0. The Morgan fingerprint density at radius 2 is 1.57 bits per heavy atom. The second-order valence-electron chi connectivity index (χ2n) is 7.55. The molecule has 0 aliphatic heterocycles. The van der Waals surface area contributed by atoms with E-state index in [1.165, 1.54) is 47.1 Å². The van der Waals surface area contributed by atoms with E-state index < -0.39 is 0 Å². The van der Waals surface area contributed by atoms with E-state index in [0.717, 1.165) is 6.42 Å². The summed E-state index contributed by atoms with van der Waals surface area (Å²) in [6.07, 6.45) is 4.89. The Morgan fingerprint density at radius 3 is 2.22 bits per heavy atom. The zero-order chi connectivity index (χ0) is 16.2. The summed E-state index contributed by atoms with van der Waals surface area (Å²) in [6.45, 7) is 6.71. The van der Waals surface area contributed by atoms with Crippen molar-refractivity contribution in [1.82, 2.24) is 0 Å². The summed E-state index contributed by atoms with van der Waals surface area (Å²) in [7, 11) is 1.89. The number of aryl methyl sites for hydroxylation is 4. The lowest BCUT2D eigenvalue weighted by molar-refractivity contribution is -0.0122. The van der Waals surface area contributed by atoms with Crippen molar-refractivity contribution in [2.75, 3.05) is 7.11 Å². The highest BCUT2D eigenvalue weighted by Crippen LogP contribution is 2.50. The van der Waals surface area contributed by atoms with Crippen LogP contribution in [0.5, 0.6) is 0 Å². The Labute approximate surface area is 139 Å². The Bertz CT molecular complexity index is 754. The number of fused-ring (bicyclic) bond motifs is 2. The molecule has 1 nitrogen and oxygen atoms in total. The van der Waals surface area contributed by atoms with Gasteiger partial charge in [-0.1, -0.05) is 48.4 Å². The molecule has 0 aromatic heterocycles. The zero-order valence-electron chi connectivity index (χ0n) is 14.7. The topological polar surface area (TPSA) is 9.23 Å². The van der Waals surface area contributed by atoms with Crippen LogP contribution in [0.2, 0.25) is 0 Å². The van der Waals surface area contributed by atoms with Gasteiger partial charge in [-0.3, -0.25) is 0 Å². The van der Waals surface area contributed by atoms with Crippen molar-refractivity contribution in [2.24, 2.45) is 5.92 Å². The molecule has 0 radical (unpaired) electrons. The van der Waals surface area contributed by atoms with Gasteiger partial charge in [0.1, 0.15) is 5.60 Å². The summed E-state index contributed by atoms with van der Waals surface area (Å²) >= 11 is 0. The molecule has 2 unspecified atom stereocenters. The SMILES string of the molecule is COC1(c2cc(C)cc(C)c2)c2cc3c(cc2CC1C)CCC3. The minimum absolute atomic E-state index is 0.288. The number of rotatable bonds is 2. The van der Waals surface area contributed by atoms with Crippen LogP contribution in [0, 0.1) is 19.8 Å². The number of benzene rings is 2. The maximum atomic E-state index is 6.29. The van der Waals surface area contributed by atoms with Gasteiger partial charge in [-0.05, 0) is 73.3 Å². The molecule has 2 aliphatic carbocycles. The van der Waals surface area contributed by atoms with Gasteiger partial charge in [0.15, 0.2) is 0 Å². The lowest BCUT2D eigenvalue weighted by atomic mass is 9.80. The van der Waals surface area contributed by atoms with Crippen LogP contribution < -0.4 is 0 Å². The highest BCUT2D eigenvalue weighted by molar-refractivity contribution is 5.52. The summed E-state index contributed by atoms with van der Waals surface area (Å²) < 4.78 is 6.29. The van der Waals surface area contributed by atoms with E-state index in [4.69, 9.17) is 4.74 Å². The smallest absolute Gasteiger partial charge is 0.121 e. The van der Waals surface area contributed by atoms with Crippen molar-refractivity contribution < 1.29 is 4.74 Å². The Morgan fingerprint density at radius 1 is 0.913 bits per heavy atom. The van der Waals surface area contributed by atoms with Gasteiger partial charge in [-0.15, -0.1) is 0 Å². The molecule has 0 saturated carbocycles. The summed E-state index contributed by atoms with van der Waals surface area (Å²) in [6, 6.07) is 11.8. The third-order valence-electron chi connectivity index (χ3n) is 5.91. The summed E-state index contributed by atoms with van der Waals surface area (Å²) in [5, 5.41) is 0. The van der Waals surface area contributed by atoms with E-state index in [-0.39, 0.29) is 5.60 Å². The van der Waals surface area contributed by atoms with E-state index >= 15 is 0 Å². The van der Waals surface area contributed by atoms with Gasteiger partial charge in [0.25, 0.3) is 0 Å². The van der Waals surface area contributed by atoms with E-state index in [2.05, 4.69) is 51.1 Å². The molecule has 0 spiro atoms. The molecule has 2 atom stereocenters. The van der Waals surface area contributed by atoms with Crippen LogP contribution in [0.15, 0.2) is 30.3 Å². The summed E-state index contributed by atoms with van der Waals surface area (Å²) in [5.41, 5.74) is 9.70. The number of ether oxygens (including phenoxy) is 1. The average Bonchev–Trinajstić information content (AvgIpc) is 3.05. The molecule has 0 N–H and O–H groups in total. The molecule has 1 heteroatoms. The standard InChI is InChI=1S/C22H26O/c1-14-8-15(2)10-20(9-14)22(23-4)16(3)11-19-12-17-6-5-7-18(17)13-21(19)22/h8-10,12-13,16H,5-7,11H2,1-4H3. The molecule has 2 aromatic rings. The average molecular weight is 306 g/mol. The highest BCUT2D eigenvalue weighted by Gasteiger charge is 2.47. The molecule has 23 heavy (non-hydrogen) atoms. The van der Waals surface area contributed by atoms with Crippen LogP contribution in [0.3, 0.4) is 0 Å². The van der Waals surface area contributed by atoms with E-state index in [9.17, 15) is 0 Å². The Hall–Kier alpha value is -1.60. The molecule has 120 valence electrons. The molecule has 0 heterocycles. The van der Waals surface area contributed by atoms with Crippen LogP contribution in [-0.4, -0.2) is 7.11 Å². The number of methoxy groups -OCH3 is 1. The van der Waals surface area contributed by atoms with Crippen LogP contribution >= 0.6 is 0 Å². The first-order chi connectivity index (χ1) is 11.0. The molecular formula is C22H26O. The highest BCUT2D eigenvalue weighted by atomic mass is 16.5. The Kier molecular flexibility index (Phi) is 3.39. The third-order valence-corrected chi connectivity index (χ3v) is 5.91. The largest absolute Gasteiger partial charge is 0.368 e. The quantitative estimate of drug-likeness (QED) is 0.769. The van der Waals surface area contributed by atoms with Crippen molar-refractivity contribution in [2.45, 2.75) is 52.1 Å². The van der Waals surface area contributed by atoms with Gasteiger partial charge < -0.3 is 4.74 Å². The van der Waals surface area contributed by atoms with Gasteiger partial charge >= 0.3 is 0 Å². The lowest BCUT2D eigenvalue weighted by Gasteiger charge is -2.35. The van der Waals surface area contributed by atoms with E-state index in [0.29, 0.717) is 5.92 Å². The summed E-state index contributed by atoms with van der Waals surface area (Å²) in [5.74, 6) is 0.464. The fourth-order valence-electron chi connectivity index (χ4n) is 4.99. The molecule has 0 bridgehead atoms. The number of hydrogen-bond acceptors (Lipinski definition) is 1. The molecule has 0 fully saturated rings. The fraction of sp³-hybridized carbons (Fsp3) is 0.455. The first-order valence-corrected chi connectivity index (χ1v) is 8.83. The van der Waals surface area contributed by atoms with Crippen molar-refractivity contribution in [3.63, 3.8) is 0 Å². The molecule has 2 aromatic carbocycles. The normalized spacial score (nSPS) is 25.5. The van der Waals surface area contributed by atoms with Gasteiger partial charge in [0, 0.05) is 7.11 Å². The molecule has 2 aliphatic rings. The Balaban J connectivity index is 1.95. The second kappa shape index (κ2) is 5.21. The molecule has 0 amide bonds. The predicted molar refractivity (Wildman–Crippen MR) is 95.0 cm³/mol. The second-order valence-corrected chi connectivity index (χ2v) is 7.55. The van der Waals surface area contributed by atoms with Crippen molar-refractivity contribution in [3.05, 3.63) is 69.3 Å². The monoisotopic (exact) mass is 306 g/mol.